The van der Waals surface area contributed by atoms with Crippen LogP contribution >= 0.6 is 0 Å². The van der Waals surface area contributed by atoms with Gasteiger partial charge in [-0.15, -0.1) is 0 Å². The van der Waals surface area contributed by atoms with E-state index in [1.807, 2.05) is 19.2 Å². The van der Waals surface area contributed by atoms with Gasteiger partial charge < -0.3 is 19.4 Å². The molecule has 1 aliphatic heterocycles. The molecular formula is C20H24N2O4. The van der Waals surface area contributed by atoms with Crippen LogP contribution in [-0.4, -0.2) is 48.9 Å². The Kier molecular flexibility index (Phi) is 5.30. The lowest BCUT2D eigenvalue weighted by molar-refractivity contribution is 0.0632. The molecule has 0 radical (unpaired) electrons. The summed E-state index contributed by atoms with van der Waals surface area (Å²) in [7, 11) is 3.11. The second-order valence-electron chi connectivity index (χ2n) is 6.61. The van der Waals surface area contributed by atoms with Gasteiger partial charge in [0, 0.05) is 31.3 Å². The topological polar surface area (TPSA) is 71.6 Å². The predicted octanol–water partition coefficient (Wildman–Crippen LogP) is 3.08. The maximum absolute atomic E-state index is 13.0. The van der Waals surface area contributed by atoms with Gasteiger partial charge in [0.1, 0.15) is 17.2 Å². The third-order valence-electron chi connectivity index (χ3n) is 4.81. The summed E-state index contributed by atoms with van der Waals surface area (Å²) in [6, 6.07) is 7.03. The molecular weight excluding hydrogens is 332 g/mol. The van der Waals surface area contributed by atoms with Crippen molar-refractivity contribution >= 4 is 11.7 Å². The van der Waals surface area contributed by atoms with Crippen LogP contribution in [0.1, 0.15) is 39.3 Å². The highest BCUT2D eigenvalue weighted by Gasteiger charge is 2.31. The standard InChI is InChI=1S/C20H24N2O4/c1-13-9-17(21-11-13)20(24)22-8-4-5-14(12-22)19(23)16-7-6-15(25-2)10-18(16)26-3/h6-7,9-11,14,21H,4-5,8,12H2,1-3H3/t14-/m0/s1. The molecule has 0 bridgehead atoms. The minimum atomic E-state index is -0.231. The Bertz CT molecular complexity index is 812. The molecule has 6 nitrogen and oxygen atoms in total. The summed E-state index contributed by atoms with van der Waals surface area (Å²) in [6.07, 6.45) is 3.38. The van der Waals surface area contributed by atoms with Crippen LogP contribution < -0.4 is 9.47 Å². The second kappa shape index (κ2) is 7.64. The predicted molar refractivity (Wildman–Crippen MR) is 98.0 cm³/mol. The fraction of sp³-hybridized carbons (Fsp3) is 0.400. The van der Waals surface area contributed by atoms with Crippen molar-refractivity contribution in [1.29, 1.82) is 0 Å². The van der Waals surface area contributed by atoms with E-state index >= 15 is 0 Å². The number of ether oxygens (including phenoxy) is 2. The molecule has 1 saturated heterocycles. The average molecular weight is 356 g/mol. The number of H-pyrrole nitrogens is 1. The number of hydrogen-bond acceptors (Lipinski definition) is 4. The number of aromatic amines is 1. The number of aromatic nitrogens is 1. The van der Waals surface area contributed by atoms with Gasteiger partial charge in [-0.3, -0.25) is 9.59 Å². The number of nitrogens with zero attached hydrogens (tertiary/aromatic N) is 1. The van der Waals surface area contributed by atoms with E-state index in [9.17, 15) is 9.59 Å². The van der Waals surface area contributed by atoms with Crippen LogP contribution in [0.3, 0.4) is 0 Å². The molecule has 0 spiro atoms. The summed E-state index contributed by atoms with van der Waals surface area (Å²) in [5.41, 5.74) is 2.11. The minimum absolute atomic E-state index is 0.00432. The zero-order valence-corrected chi connectivity index (χ0v) is 15.4. The Morgan fingerprint density at radius 1 is 1.19 bits per heavy atom. The second-order valence-corrected chi connectivity index (χ2v) is 6.61. The van der Waals surface area contributed by atoms with Crippen LogP contribution in [-0.2, 0) is 0 Å². The van der Waals surface area contributed by atoms with Crippen LogP contribution in [0, 0.1) is 12.8 Å². The molecule has 0 unspecified atom stereocenters. The lowest BCUT2D eigenvalue weighted by atomic mass is 9.89. The molecule has 138 valence electrons. The first-order valence-corrected chi connectivity index (χ1v) is 8.74. The highest BCUT2D eigenvalue weighted by Crippen LogP contribution is 2.29. The zero-order chi connectivity index (χ0) is 18.7. The van der Waals surface area contributed by atoms with Crippen LogP contribution in [0.15, 0.2) is 30.5 Å². The van der Waals surface area contributed by atoms with E-state index in [2.05, 4.69) is 4.98 Å². The maximum atomic E-state index is 13.0. The molecule has 1 aliphatic rings. The largest absolute Gasteiger partial charge is 0.497 e. The van der Waals surface area contributed by atoms with Crippen molar-refractivity contribution in [2.75, 3.05) is 27.3 Å². The highest BCUT2D eigenvalue weighted by molar-refractivity contribution is 6.01. The molecule has 1 aromatic carbocycles. The fourth-order valence-corrected chi connectivity index (χ4v) is 3.39. The number of amides is 1. The van der Waals surface area contributed by atoms with Crippen LogP contribution in [0.5, 0.6) is 11.5 Å². The summed E-state index contributed by atoms with van der Waals surface area (Å²) in [6.45, 7) is 3.02. The number of carbonyl (C=O) groups excluding carboxylic acids is 2. The van der Waals surface area contributed by atoms with Gasteiger partial charge in [0.15, 0.2) is 5.78 Å². The van der Waals surface area contributed by atoms with Crippen LogP contribution in [0.4, 0.5) is 0 Å². The lowest BCUT2D eigenvalue weighted by Gasteiger charge is -2.32. The molecule has 1 amide bonds. The molecule has 0 aliphatic carbocycles. The SMILES string of the molecule is COc1ccc(C(=O)[C@H]2CCCN(C(=O)c3cc(C)c[nH]3)C2)c(OC)c1. The number of aryl methyl sites for hydroxylation is 1. The van der Waals surface area contributed by atoms with Crippen LogP contribution in [0.25, 0.3) is 0 Å². The summed E-state index contributed by atoms with van der Waals surface area (Å²) in [4.78, 5) is 30.4. The first-order valence-electron chi connectivity index (χ1n) is 8.74. The van der Waals surface area contributed by atoms with Gasteiger partial charge in [-0.05, 0) is 43.5 Å². The van der Waals surface area contributed by atoms with Gasteiger partial charge >= 0.3 is 0 Å². The van der Waals surface area contributed by atoms with Crippen molar-refractivity contribution in [3.05, 3.63) is 47.3 Å². The number of rotatable bonds is 5. The number of Topliss-reactive ketones (excluding diaryl/α,β-unsaturated/α-hetero) is 1. The number of nitrogens with one attached hydrogen (secondary N) is 1. The summed E-state index contributed by atoms with van der Waals surface area (Å²) in [5.74, 6) is 0.853. The minimum Gasteiger partial charge on any atom is -0.497 e. The molecule has 1 atom stereocenters. The van der Waals surface area contributed by atoms with Gasteiger partial charge in [-0.1, -0.05) is 0 Å². The van der Waals surface area contributed by atoms with Crippen molar-refractivity contribution in [1.82, 2.24) is 9.88 Å². The maximum Gasteiger partial charge on any atom is 0.270 e. The number of ketones is 1. The molecule has 2 aromatic rings. The summed E-state index contributed by atoms with van der Waals surface area (Å²) < 4.78 is 10.5. The molecule has 0 saturated carbocycles. The third-order valence-corrected chi connectivity index (χ3v) is 4.81. The molecule has 26 heavy (non-hydrogen) atoms. The molecule has 1 fully saturated rings. The van der Waals surface area contributed by atoms with Gasteiger partial charge in [-0.2, -0.15) is 0 Å². The number of piperidine rings is 1. The van der Waals surface area contributed by atoms with E-state index in [1.54, 1.807) is 30.2 Å². The molecule has 3 rings (SSSR count). The Labute approximate surface area is 153 Å². The number of benzene rings is 1. The van der Waals surface area contributed by atoms with Crippen molar-refractivity contribution in [3.8, 4) is 11.5 Å². The summed E-state index contributed by atoms with van der Waals surface area (Å²) >= 11 is 0. The number of methoxy groups -OCH3 is 2. The number of carbonyl (C=O) groups is 2. The zero-order valence-electron chi connectivity index (χ0n) is 15.4. The molecule has 1 aromatic heterocycles. The van der Waals surface area contributed by atoms with Crippen LogP contribution in [0.2, 0.25) is 0 Å². The monoisotopic (exact) mass is 356 g/mol. The van der Waals surface area contributed by atoms with E-state index in [4.69, 9.17) is 9.47 Å². The molecule has 2 heterocycles. The number of hydrogen-bond donors (Lipinski definition) is 1. The fourth-order valence-electron chi connectivity index (χ4n) is 3.39. The van der Waals surface area contributed by atoms with Gasteiger partial charge in [0.2, 0.25) is 0 Å². The van der Waals surface area contributed by atoms with E-state index < -0.39 is 0 Å². The third kappa shape index (κ3) is 3.59. The van der Waals surface area contributed by atoms with Crippen molar-refractivity contribution in [2.45, 2.75) is 19.8 Å². The highest BCUT2D eigenvalue weighted by atomic mass is 16.5. The number of likely N-dealkylation sites (tertiary alicyclic amines) is 1. The van der Waals surface area contributed by atoms with Gasteiger partial charge in [0.25, 0.3) is 5.91 Å². The van der Waals surface area contributed by atoms with E-state index in [1.165, 1.54) is 7.11 Å². The average Bonchev–Trinajstić information content (AvgIpc) is 3.12. The smallest absolute Gasteiger partial charge is 0.270 e. The Morgan fingerprint density at radius 2 is 2.00 bits per heavy atom. The van der Waals surface area contributed by atoms with Crippen molar-refractivity contribution < 1.29 is 19.1 Å². The first-order chi connectivity index (χ1) is 12.5. The quantitative estimate of drug-likeness (QED) is 0.836. The Hall–Kier alpha value is -2.76. The van der Waals surface area contributed by atoms with Gasteiger partial charge in [0.05, 0.1) is 19.8 Å². The summed E-state index contributed by atoms with van der Waals surface area (Å²) in [5, 5.41) is 0. The van der Waals surface area contributed by atoms with Gasteiger partial charge in [-0.25, -0.2) is 0 Å². The van der Waals surface area contributed by atoms with Crippen molar-refractivity contribution in [2.24, 2.45) is 5.92 Å². The van der Waals surface area contributed by atoms with E-state index in [0.717, 1.165) is 18.4 Å². The Balaban J connectivity index is 1.77. The van der Waals surface area contributed by atoms with E-state index in [0.29, 0.717) is 35.8 Å². The molecule has 1 N–H and O–H groups in total. The molecule has 6 heteroatoms. The first kappa shape index (κ1) is 18.0. The lowest BCUT2D eigenvalue weighted by Crippen LogP contribution is -2.42. The van der Waals surface area contributed by atoms with E-state index in [-0.39, 0.29) is 17.6 Å². The Morgan fingerprint density at radius 3 is 2.65 bits per heavy atom. The van der Waals surface area contributed by atoms with Crippen molar-refractivity contribution in [3.63, 3.8) is 0 Å². The normalized spacial score (nSPS) is 17.0.